The maximum Gasteiger partial charge on any atom is 0.193 e. The summed E-state index contributed by atoms with van der Waals surface area (Å²) in [6, 6.07) is 41.1. The molecule has 0 fully saturated rings. The third-order valence-corrected chi connectivity index (χ3v) is 6.11. The predicted molar refractivity (Wildman–Crippen MR) is 140 cm³/mol. The molecule has 0 amide bonds. The standard InChI is InChI=1S/C32H24O3/c33-31(29-13-7-8-14-30(29)32(34)35)25-17-15-24(16-18-25)28-20-26(22-9-3-1-4-10-22)19-27(21-28)23-11-5-2-6-12-23/h1-21,32,34-35H. The van der Waals surface area contributed by atoms with E-state index in [0.29, 0.717) is 5.56 Å². The van der Waals surface area contributed by atoms with Crippen LogP contribution in [-0.2, 0) is 0 Å². The van der Waals surface area contributed by atoms with Crippen molar-refractivity contribution in [3.05, 3.63) is 144 Å². The molecule has 5 rings (SSSR count). The minimum absolute atomic E-state index is 0.199. The highest BCUT2D eigenvalue weighted by molar-refractivity contribution is 6.10. The van der Waals surface area contributed by atoms with Gasteiger partial charge in [0.15, 0.2) is 12.1 Å². The first kappa shape index (κ1) is 22.5. The Morgan fingerprint density at radius 1 is 0.486 bits per heavy atom. The van der Waals surface area contributed by atoms with Gasteiger partial charge in [-0.15, -0.1) is 0 Å². The first-order valence-electron chi connectivity index (χ1n) is 11.5. The number of hydrogen-bond donors (Lipinski definition) is 2. The summed E-state index contributed by atoms with van der Waals surface area (Å²) in [5, 5.41) is 19.3. The molecule has 0 spiro atoms. The molecule has 3 heteroatoms. The Balaban J connectivity index is 1.54. The molecule has 3 nitrogen and oxygen atoms in total. The number of carbonyl (C=O) groups excluding carboxylic acids is 1. The Kier molecular flexibility index (Phi) is 6.36. The Morgan fingerprint density at radius 3 is 1.40 bits per heavy atom. The summed E-state index contributed by atoms with van der Waals surface area (Å²) in [6.45, 7) is 0. The van der Waals surface area contributed by atoms with Crippen molar-refractivity contribution in [1.82, 2.24) is 0 Å². The lowest BCUT2D eigenvalue weighted by molar-refractivity contribution is -0.0429. The Labute approximate surface area is 204 Å². The van der Waals surface area contributed by atoms with Crippen LogP contribution in [0.2, 0.25) is 0 Å². The van der Waals surface area contributed by atoms with Gasteiger partial charge in [-0.2, -0.15) is 0 Å². The highest BCUT2D eigenvalue weighted by atomic mass is 16.5. The second-order valence-corrected chi connectivity index (χ2v) is 8.40. The number of ketones is 1. The molecule has 0 aliphatic heterocycles. The van der Waals surface area contributed by atoms with Crippen molar-refractivity contribution < 1.29 is 15.0 Å². The van der Waals surface area contributed by atoms with Crippen LogP contribution in [0.15, 0.2) is 127 Å². The summed E-state index contributed by atoms with van der Waals surface area (Å²) in [6.07, 6.45) is -1.70. The quantitative estimate of drug-likeness (QED) is 0.216. The molecule has 0 aliphatic carbocycles. The van der Waals surface area contributed by atoms with E-state index in [1.54, 1.807) is 36.4 Å². The highest BCUT2D eigenvalue weighted by Gasteiger charge is 2.17. The van der Waals surface area contributed by atoms with Crippen LogP contribution in [0, 0.1) is 0 Å². The molecular weight excluding hydrogens is 432 g/mol. The van der Waals surface area contributed by atoms with Gasteiger partial charge in [0.1, 0.15) is 0 Å². The first-order valence-corrected chi connectivity index (χ1v) is 11.5. The van der Waals surface area contributed by atoms with Crippen LogP contribution in [0.1, 0.15) is 27.8 Å². The van der Waals surface area contributed by atoms with Crippen LogP contribution in [0.3, 0.4) is 0 Å². The highest BCUT2D eigenvalue weighted by Crippen LogP contribution is 2.33. The molecule has 0 atom stereocenters. The molecule has 0 aliphatic rings. The molecule has 0 saturated carbocycles. The largest absolute Gasteiger partial charge is 0.364 e. The maximum atomic E-state index is 13.1. The fourth-order valence-corrected chi connectivity index (χ4v) is 4.29. The van der Waals surface area contributed by atoms with Crippen molar-refractivity contribution in [2.75, 3.05) is 0 Å². The summed E-state index contributed by atoms with van der Waals surface area (Å²) in [7, 11) is 0. The number of aliphatic hydroxyl groups is 2. The van der Waals surface area contributed by atoms with Crippen molar-refractivity contribution >= 4 is 5.78 Å². The average molecular weight is 457 g/mol. The topological polar surface area (TPSA) is 57.5 Å². The molecule has 0 saturated heterocycles. The Bertz CT molecular complexity index is 1400. The molecule has 0 heterocycles. The van der Waals surface area contributed by atoms with Crippen molar-refractivity contribution in [3.63, 3.8) is 0 Å². The zero-order valence-electron chi connectivity index (χ0n) is 19.0. The zero-order chi connectivity index (χ0) is 24.2. The summed E-state index contributed by atoms with van der Waals surface area (Å²) in [5.74, 6) is -0.247. The monoisotopic (exact) mass is 456 g/mol. The Morgan fingerprint density at radius 2 is 0.914 bits per heavy atom. The molecular formula is C32H24O3. The van der Waals surface area contributed by atoms with Crippen molar-refractivity contribution in [3.8, 4) is 33.4 Å². The van der Waals surface area contributed by atoms with E-state index in [0.717, 1.165) is 33.4 Å². The zero-order valence-corrected chi connectivity index (χ0v) is 19.0. The molecule has 0 unspecified atom stereocenters. The lowest BCUT2D eigenvalue weighted by Gasteiger charge is -2.12. The van der Waals surface area contributed by atoms with E-state index in [1.165, 1.54) is 0 Å². The van der Waals surface area contributed by atoms with E-state index in [1.807, 2.05) is 48.5 Å². The number of aliphatic hydroxyl groups excluding tert-OH is 1. The van der Waals surface area contributed by atoms with E-state index >= 15 is 0 Å². The SMILES string of the molecule is O=C(c1ccc(-c2cc(-c3ccccc3)cc(-c3ccccc3)c2)cc1)c1ccccc1C(O)O. The average Bonchev–Trinajstić information content (AvgIpc) is 2.93. The van der Waals surface area contributed by atoms with Gasteiger partial charge in [0.25, 0.3) is 0 Å². The van der Waals surface area contributed by atoms with Crippen LogP contribution in [0.25, 0.3) is 33.4 Å². The summed E-state index contributed by atoms with van der Waals surface area (Å²) in [5.41, 5.74) is 7.53. The van der Waals surface area contributed by atoms with Crippen LogP contribution in [0.4, 0.5) is 0 Å². The van der Waals surface area contributed by atoms with E-state index in [4.69, 9.17) is 0 Å². The van der Waals surface area contributed by atoms with E-state index in [9.17, 15) is 15.0 Å². The number of hydrogen-bond acceptors (Lipinski definition) is 3. The van der Waals surface area contributed by atoms with E-state index in [-0.39, 0.29) is 16.9 Å². The van der Waals surface area contributed by atoms with Gasteiger partial charge in [0.05, 0.1) is 0 Å². The van der Waals surface area contributed by atoms with Gasteiger partial charge in [0, 0.05) is 16.7 Å². The molecule has 0 radical (unpaired) electrons. The minimum atomic E-state index is -1.70. The van der Waals surface area contributed by atoms with Crippen LogP contribution >= 0.6 is 0 Å². The first-order chi connectivity index (χ1) is 17.1. The van der Waals surface area contributed by atoms with Crippen molar-refractivity contribution in [2.45, 2.75) is 6.29 Å². The fraction of sp³-hybridized carbons (Fsp3) is 0.0312. The number of carbonyl (C=O) groups is 1. The molecule has 5 aromatic rings. The normalized spacial score (nSPS) is 10.9. The summed E-state index contributed by atoms with van der Waals surface area (Å²) < 4.78 is 0. The third kappa shape index (κ3) is 4.82. The van der Waals surface area contributed by atoms with Gasteiger partial charge >= 0.3 is 0 Å². The summed E-state index contributed by atoms with van der Waals surface area (Å²) in [4.78, 5) is 13.1. The smallest absolute Gasteiger partial charge is 0.193 e. The van der Waals surface area contributed by atoms with Crippen molar-refractivity contribution in [2.24, 2.45) is 0 Å². The lowest BCUT2D eigenvalue weighted by Crippen LogP contribution is -2.08. The van der Waals surface area contributed by atoms with Gasteiger partial charge in [-0.3, -0.25) is 4.79 Å². The minimum Gasteiger partial charge on any atom is -0.364 e. The molecule has 5 aromatic carbocycles. The van der Waals surface area contributed by atoms with Gasteiger partial charge < -0.3 is 10.2 Å². The van der Waals surface area contributed by atoms with Crippen LogP contribution in [-0.4, -0.2) is 16.0 Å². The molecule has 35 heavy (non-hydrogen) atoms. The van der Waals surface area contributed by atoms with E-state index < -0.39 is 6.29 Å². The van der Waals surface area contributed by atoms with Crippen molar-refractivity contribution in [1.29, 1.82) is 0 Å². The second-order valence-electron chi connectivity index (χ2n) is 8.40. The van der Waals surface area contributed by atoms with Gasteiger partial charge in [-0.1, -0.05) is 109 Å². The second kappa shape index (κ2) is 9.90. The Hall–Kier alpha value is -4.31. The van der Waals surface area contributed by atoms with E-state index in [2.05, 4.69) is 42.5 Å². The van der Waals surface area contributed by atoms with Gasteiger partial charge in [0.2, 0.25) is 0 Å². The van der Waals surface area contributed by atoms with Crippen LogP contribution in [0.5, 0.6) is 0 Å². The fourth-order valence-electron chi connectivity index (χ4n) is 4.29. The third-order valence-electron chi connectivity index (χ3n) is 6.11. The lowest BCUT2D eigenvalue weighted by atomic mass is 9.92. The predicted octanol–water partition coefficient (Wildman–Crippen LogP) is 6.90. The summed E-state index contributed by atoms with van der Waals surface area (Å²) >= 11 is 0. The maximum absolute atomic E-state index is 13.1. The molecule has 0 bridgehead atoms. The molecule has 2 N–H and O–H groups in total. The van der Waals surface area contributed by atoms with Gasteiger partial charge in [-0.05, 0) is 51.6 Å². The van der Waals surface area contributed by atoms with Crippen LogP contribution < -0.4 is 0 Å². The molecule has 170 valence electrons. The van der Waals surface area contributed by atoms with Gasteiger partial charge in [-0.25, -0.2) is 0 Å². The number of benzene rings is 5. The molecule has 0 aromatic heterocycles. The number of rotatable bonds is 6.